The van der Waals surface area contributed by atoms with Crippen molar-refractivity contribution in [2.24, 2.45) is 4.99 Å². The SMILES string of the molecule is C/C=C\C(=NC)c1cc(OC)ccc1C. The first-order chi connectivity index (χ1) is 7.22. The van der Waals surface area contributed by atoms with Crippen molar-refractivity contribution in [3.63, 3.8) is 0 Å². The van der Waals surface area contributed by atoms with E-state index < -0.39 is 0 Å². The monoisotopic (exact) mass is 203 g/mol. The van der Waals surface area contributed by atoms with Crippen molar-refractivity contribution in [1.82, 2.24) is 0 Å². The van der Waals surface area contributed by atoms with E-state index in [0.29, 0.717) is 0 Å². The summed E-state index contributed by atoms with van der Waals surface area (Å²) in [6.07, 6.45) is 3.99. The molecule has 0 unspecified atom stereocenters. The summed E-state index contributed by atoms with van der Waals surface area (Å²) in [4.78, 5) is 4.26. The molecule has 0 aromatic heterocycles. The van der Waals surface area contributed by atoms with Crippen LogP contribution in [0, 0.1) is 6.92 Å². The highest BCUT2D eigenvalue weighted by molar-refractivity contribution is 6.09. The van der Waals surface area contributed by atoms with Crippen LogP contribution in [0.1, 0.15) is 18.1 Å². The summed E-state index contributed by atoms with van der Waals surface area (Å²) < 4.78 is 5.20. The summed E-state index contributed by atoms with van der Waals surface area (Å²) in [5.41, 5.74) is 3.30. The van der Waals surface area contributed by atoms with Crippen molar-refractivity contribution >= 4 is 5.71 Å². The molecule has 0 N–H and O–H groups in total. The van der Waals surface area contributed by atoms with Crippen LogP contribution < -0.4 is 4.74 Å². The quantitative estimate of drug-likeness (QED) is 0.692. The molecule has 0 spiro atoms. The molecule has 0 saturated carbocycles. The van der Waals surface area contributed by atoms with E-state index in [4.69, 9.17) is 4.74 Å². The van der Waals surface area contributed by atoms with Crippen molar-refractivity contribution < 1.29 is 4.74 Å². The van der Waals surface area contributed by atoms with Crippen molar-refractivity contribution in [1.29, 1.82) is 0 Å². The van der Waals surface area contributed by atoms with E-state index in [9.17, 15) is 0 Å². The van der Waals surface area contributed by atoms with Gasteiger partial charge in [-0.3, -0.25) is 4.99 Å². The molecule has 0 saturated heterocycles. The second-order valence-electron chi connectivity index (χ2n) is 3.29. The molecule has 0 fully saturated rings. The highest BCUT2D eigenvalue weighted by Crippen LogP contribution is 2.18. The van der Waals surface area contributed by atoms with Gasteiger partial charge in [0.25, 0.3) is 0 Å². The van der Waals surface area contributed by atoms with Gasteiger partial charge in [-0.15, -0.1) is 0 Å². The summed E-state index contributed by atoms with van der Waals surface area (Å²) in [7, 11) is 3.47. The fourth-order valence-electron chi connectivity index (χ4n) is 1.45. The molecular formula is C13H17NO. The zero-order valence-electron chi connectivity index (χ0n) is 9.74. The summed E-state index contributed by atoms with van der Waals surface area (Å²) in [6, 6.07) is 6.02. The molecule has 0 atom stereocenters. The van der Waals surface area contributed by atoms with E-state index in [2.05, 4.69) is 11.9 Å². The number of nitrogens with zero attached hydrogens (tertiary/aromatic N) is 1. The molecule has 0 aliphatic heterocycles. The summed E-state index contributed by atoms with van der Waals surface area (Å²) in [6.45, 7) is 4.06. The van der Waals surface area contributed by atoms with E-state index in [-0.39, 0.29) is 0 Å². The molecule has 1 aromatic rings. The Morgan fingerprint density at radius 2 is 2.13 bits per heavy atom. The predicted octanol–water partition coefficient (Wildman–Crippen LogP) is 3.00. The minimum atomic E-state index is 0.862. The molecule has 0 heterocycles. The summed E-state index contributed by atoms with van der Waals surface area (Å²) >= 11 is 0. The van der Waals surface area contributed by atoms with Gasteiger partial charge in [0.2, 0.25) is 0 Å². The van der Waals surface area contributed by atoms with Crippen molar-refractivity contribution in [3.8, 4) is 5.75 Å². The van der Waals surface area contributed by atoms with Crippen LogP contribution in [-0.4, -0.2) is 19.9 Å². The van der Waals surface area contributed by atoms with E-state index >= 15 is 0 Å². The molecule has 2 heteroatoms. The number of aryl methyl sites for hydroxylation is 1. The Labute approximate surface area is 91.3 Å². The minimum absolute atomic E-state index is 0.862. The van der Waals surface area contributed by atoms with Gasteiger partial charge in [0.1, 0.15) is 5.75 Å². The molecule has 0 radical (unpaired) electrons. The molecule has 1 rings (SSSR count). The molecule has 0 bridgehead atoms. The normalized spacial score (nSPS) is 12.1. The number of hydrogen-bond acceptors (Lipinski definition) is 2. The fourth-order valence-corrected chi connectivity index (χ4v) is 1.45. The van der Waals surface area contributed by atoms with Crippen molar-refractivity contribution in [3.05, 3.63) is 41.5 Å². The maximum atomic E-state index is 5.20. The van der Waals surface area contributed by atoms with E-state index in [1.807, 2.05) is 37.3 Å². The Balaban J connectivity index is 3.22. The first-order valence-corrected chi connectivity index (χ1v) is 4.97. The number of rotatable bonds is 3. The number of allylic oxidation sites excluding steroid dienone is 2. The molecule has 80 valence electrons. The zero-order chi connectivity index (χ0) is 11.3. The average Bonchev–Trinajstić information content (AvgIpc) is 2.27. The van der Waals surface area contributed by atoms with Gasteiger partial charge in [-0.1, -0.05) is 12.1 Å². The molecular weight excluding hydrogens is 186 g/mol. The standard InChI is InChI=1S/C13H17NO/c1-5-6-13(14-3)12-9-11(15-4)8-7-10(12)2/h5-9H,1-4H3/b6-5-,14-13?. The molecule has 0 aliphatic rings. The van der Waals surface area contributed by atoms with Crippen LogP contribution in [0.25, 0.3) is 0 Å². The average molecular weight is 203 g/mol. The fraction of sp³-hybridized carbons (Fsp3) is 0.308. The number of aliphatic imine (C=N–C) groups is 1. The first-order valence-electron chi connectivity index (χ1n) is 4.97. The first kappa shape index (κ1) is 11.5. The van der Waals surface area contributed by atoms with E-state index in [1.54, 1.807) is 14.2 Å². The van der Waals surface area contributed by atoms with E-state index in [1.165, 1.54) is 5.56 Å². The third-order valence-electron chi connectivity index (χ3n) is 2.29. The lowest BCUT2D eigenvalue weighted by atomic mass is 10.0. The summed E-state index contributed by atoms with van der Waals surface area (Å²) in [5.74, 6) is 0.862. The van der Waals surface area contributed by atoms with Crippen LogP contribution in [0.15, 0.2) is 35.3 Å². The lowest BCUT2D eigenvalue weighted by Gasteiger charge is -2.08. The van der Waals surface area contributed by atoms with Gasteiger partial charge in [0.05, 0.1) is 12.8 Å². The van der Waals surface area contributed by atoms with Crippen LogP contribution in [0.5, 0.6) is 5.75 Å². The maximum Gasteiger partial charge on any atom is 0.119 e. The molecule has 1 aromatic carbocycles. The Morgan fingerprint density at radius 3 is 2.67 bits per heavy atom. The predicted molar refractivity (Wildman–Crippen MR) is 65.0 cm³/mol. The molecule has 0 aliphatic carbocycles. The van der Waals surface area contributed by atoms with Crippen LogP contribution >= 0.6 is 0 Å². The second-order valence-corrected chi connectivity index (χ2v) is 3.29. The minimum Gasteiger partial charge on any atom is -0.497 e. The van der Waals surface area contributed by atoms with Crippen molar-refractivity contribution in [2.45, 2.75) is 13.8 Å². The van der Waals surface area contributed by atoms with E-state index in [0.717, 1.165) is 17.0 Å². The van der Waals surface area contributed by atoms with Crippen LogP contribution in [0.2, 0.25) is 0 Å². The molecule has 0 amide bonds. The Bertz CT molecular complexity index is 392. The van der Waals surface area contributed by atoms with Gasteiger partial charge in [0, 0.05) is 12.6 Å². The molecule has 15 heavy (non-hydrogen) atoms. The van der Waals surface area contributed by atoms with Gasteiger partial charge in [0.15, 0.2) is 0 Å². The second kappa shape index (κ2) is 5.35. The van der Waals surface area contributed by atoms with Gasteiger partial charge in [-0.05, 0) is 37.6 Å². The highest BCUT2D eigenvalue weighted by atomic mass is 16.5. The largest absolute Gasteiger partial charge is 0.497 e. The van der Waals surface area contributed by atoms with Crippen LogP contribution in [-0.2, 0) is 0 Å². The van der Waals surface area contributed by atoms with Gasteiger partial charge in [-0.25, -0.2) is 0 Å². The third-order valence-corrected chi connectivity index (χ3v) is 2.29. The Hall–Kier alpha value is -1.57. The van der Waals surface area contributed by atoms with Crippen molar-refractivity contribution in [2.75, 3.05) is 14.2 Å². The van der Waals surface area contributed by atoms with Crippen LogP contribution in [0.4, 0.5) is 0 Å². The number of ether oxygens (including phenoxy) is 1. The number of methoxy groups -OCH3 is 1. The topological polar surface area (TPSA) is 21.6 Å². The third kappa shape index (κ3) is 2.69. The van der Waals surface area contributed by atoms with Crippen LogP contribution in [0.3, 0.4) is 0 Å². The maximum absolute atomic E-state index is 5.20. The highest BCUT2D eigenvalue weighted by Gasteiger charge is 2.04. The lowest BCUT2D eigenvalue weighted by molar-refractivity contribution is 0.414. The van der Waals surface area contributed by atoms with Gasteiger partial charge < -0.3 is 4.74 Å². The Morgan fingerprint density at radius 1 is 1.40 bits per heavy atom. The summed E-state index contributed by atoms with van der Waals surface area (Å²) in [5, 5.41) is 0. The zero-order valence-corrected chi connectivity index (χ0v) is 9.74. The molecule has 2 nitrogen and oxygen atoms in total. The Kier molecular flexibility index (Phi) is 4.10. The van der Waals surface area contributed by atoms with Gasteiger partial charge >= 0.3 is 0 Å². The number of benzene rings is 1. The smallest absolute Gasteiger partial charge is 0.119 e. The van der Waals surface area contributed by atoms with Gasteiger partial charge in [-0.2, -0.15) is 0 Å². The lowest BCUT2D eigenvalue weighted by Crippen LogP contribution is -2.00. The number of hydrogen-bond donors (Lipinski definition) is 0.